The quantitative estimate of drug-likeness (QED) is 0.452. The van der Waals surface area contributed by atoms with E-state index in [-0.39, 0.29) is 24.5 Å². The summed E-state index contributed by atoms with van der Waals surface area (Å²) in [4.78, 5) is 37.9. The van der Waals surface area contributed by atoms with Gasteiger partial charge in [-0.05, 0) is 37.5 Å². The van der Waals surface area contributed by atoms with E-state index in [0.717, 1.165) is 11.3 Å². The molecule has 24 heavy (non-hydrogen) atoms. The van der Waals surface area contributed by atoms with Gasteiger partial charge in [-0.1, -0.05) is 20.8 Å². The Morgan fingerprint density at radius 1 is 1.29 bits per heavy atom. The van der Waals surface area contributed by atoms with Crippen molar-refractivity contribution in [3.63, 3.8) is 0 Å². The fourth-order valence-electron chi connectivity index (χ4n) is 4.18. The predicted molar refractivity (Wildman–Crippen MR) is 87.2 cm³/mol. The highest BCUT2D eigenvalue weighted by Crippen LogP contribution is 2.46. The van der Waals surface area contributed by atoms with E-state index in [1.165, 1.54) is 0 Å². The summed E-state index contributed by atoms with van der Waals surface area (Å²) in [5, 5.41) is 2.84. The monoisotopic (exact) mass is 340 g/mol. The lowest BCUT2D eigenvalue weighted by molar-refractivity contribution is -0.149. The molecule has 0 bridgehead atoms. The molecule has 1 heterocycles. The first-order valence-electron chi connectivity index (χ1n) is 8.56. The Balaban J connectivity index is 2.00. The minimum Gasteiger partial charge on any atom is -0.462 e. The fourth-order valence-corrected chi connectivity index (χ4v) is 4.18. The zero-order valence-corrected chi connectivity index (χ0v) is 15.0. The van der Waals surface area contributed by atoms with Gasteiger partial charge in [0, 0.05) is 6.61 Å². The van der Waals surface area contributed by atoms with Crippen LogP contribution in [-0.4, -0.2) is 54.7 Å². The summed E-state index contributed by atoms with van der Waals surface area (Å²) in [5.41, 5.74) is -0.918. The maximum atomic E-state index is 12.8. The Morgan fingerprint density at radius 3 is 2.62 bits per heavy atom. The number of ether oxygens (including phenoxy) is 2. The van der Waals surface area contributed by atoms with Gasteiger partial charge in [0.2, 0.25) is 0 Å². The summed E-state index contributed by atoms with van der Waals surface area (Å²) in [6.07, 6.45) is 2.21. The topological polar surface area (TPSA) is 84.9 Å². The van der Waals surface area contributed by atoms with Gasteiger partial charge in [0.25, 0.3) is 5.91 Å². The molecule has 1 saturated heterocycles. The molecular weight excluding hydrogens is 312 g/mol. The molecule has 0 aromatic rings. The van der Waals surface area contributed by atoms with Gasteiger partial charge in [-0.15, -0.1) is 0 Å². The van der Waals surface area contributed by atoms with Crippen molar-refractivity contribution >= 4 is 17.9 Å². The summed E-state index contributed by atoms with van der Waals surface area (Å²) in [7, 11) is 0. The van der Waals surface area contributed by atoms with E-state index in [9.17, 15) is 14.4 Å². The molecule has 136 valence electrons. The first-order chi connectivity index (χ1) is 11.2. The molecule has 1 spiro atoms. The van der Waals surface area contributed by atoms with E-state index in [4.69, 9.17) is 9.47 Å². The van der Waals surface area contributed by atoms with Crippen molar-refractivity contribution in [3.8, 4) is 0 Å². The average molecular weight is 340 g/mol. The van der Waals surface area contributed by atoms with Gasteiger partial charge in [-0.25, -0.2) is 4.79 Å². The molecule has 7 nitrogen and oxygen atoms in total. The summed E-state index contributed by atoms with van der Waals surface area (Å²) in [5.74, 6) is -0.580. The number of hydrogen-bond acceptors (Lipinski definition) is 5. The summed E-state index contributed by atoms with van der Waals surface area (Å²) in [6.45, 7) is 8.76. The van der Waals surface area contributed by atoms with Crippen molar-refractivity contribution in [1.29, 1.82) is 0 Å². The Hall–Kier alpha value is -1.63. The molecule has 0 aromatic heterocycles. The zero-order chi connectivity index (χ0) is 18.0. The highest BCUT2D eigenvalue weighted by Gasteiger charge is 2.56. The fraction of sp³-hybridized carbons (Fsp3) is 0.824. The van der Waals surface area contributed by atoms with Crippen LogP contribution in [-0.2, 0) is 19.1 Å². The average Bonchev–Trinajstić information content (AvgIpc) is 2.65. The van der Waals surface area contributed by atoms with Crippen LogP contribution in [0.3, 0.4) is 0 Å². The van der Waals surface area contributed by atoms with E-state index in [1.807, 2.05) is 6.92 Å². The smallest absolute Gasteiger partial charge is 0.326 e. The van der Waals surface area contributed by atoms with Crippen LogP contribution in [0.4, 0.5) is 4.79 Å². The van der Waals surface area contributed by atoms with Crippen molar-refractivity contribution in [3.05, 3.63) is 0 Å². The number of amides is 3. The summed E-state index contributed by atoms with van der Waals surface area (Å²) < 4.78 is 10.1. The Morgan fingerprint density at radius 2 is 2.00 bits per heavy atom. The van der Waals surface area contributed by atoms with Crippen LogP contribution in [0.5, 0.6) is 0 Å². The SMILES string of the molecule is CCOCCOC(=O)CN1C(=O)N[C@@]2(C[C@@H](C)CC(C)(C)C2)C1=O. The van der Waals surface area contributed by atoms with Crippen LogP contribution in [0.1, 0.15) is 47.0 Å². The maximum Gasteiger partial charge on any atom is 0.326 e. The lowest BCUT2D eigenvalue weighted by Crippen LogP contribution is -2.54. The molecule has 2 rings (SSSR count). The maximum absolute atomic E-state index is 12.8. The van der Waals surface area contributed by atoms with Gasteiger partial charge in [0.05, 0.1) is 6.61 Å². The Kier molecular flexibility index (Phi) is 5.52. The van der Waals surface area contributed by atoms with Crippen LogP contribution in [0.15, 0.2) is 0 Å². The normalized spacial score (nSPS) is 29.0. The van der Waals surface area contributed by atoms with Crippen LogP contribution >= 0.6 is 0 Å². The van der Waals surface area contributed by atoms with Gasteiger partial charge < -0.3 is 14.8 Å². The molecule has 3 amide bonds. The number of esters is 1. The van der Waals surface area contributed by atoms with Crippen molar-refractivity contribution in [1.82, 2.24) is 10.2 Å². The minimum absolute atomic E-state index is 0.0331. The van der Waals surface area contributed by atoms with Gasteiger partial charge in [-0.3, -0.25) is 14.5 Å². The predicted octanol–water partition coefficient (Wildman–Crippen LogP) is 1.70. The highest BCUT2D eigenvalue weighted by atomic mass is 16.6. The number of imide groups is 1. The van der Waals surface area contributed by atoms with E-state index >= 15 is 0 Å². The number of nitrogens with one attached hydrogen (secondary N) is 1. The van der Waals surface area contributed by atoms with Gasteiger partial charge in [0.15, 0.2) is 0 Å². The molecule has 7 heteroatoms. The molecule has 1 N–H and O–H groups in total. The molecule has 1 saturated carbocycles. The van der Waals surface area contributed by atoms with Crippen LogP contribution in [0.2, 0.25) is 0 Å². The standard InChI is InChI=1S/C17H28N2O5/c1-5-23-6-7-24-13(20)10-19-14(21)17(18-15(19)22)9-12(2)8-16(3,4)11-17/h12H,5-11H2,1-4H3,(H,18,22)/t12-,17+/m0/s1. The Bertz CT molecular complexity index is 519. The van der Waals surface area contributed by atoms with Crippen molar-refractivity contribution in [2.75, 3.05) is 26.4 Å². The molecule has 0 radical (unpaired) electrons. The number of carbonyl (C=O) groups excluding carboxylic acids is 3. The molecular formula is C17H28N2O5. The van der Waals surface area contributed by atoms with Gasteiger partial charge in [-0.2, -0.15) is 0 Å². The third-order valence-electron chi connectivity index (χ3n) is 4.61. The second-order valence-electron chi connectivity index (χ2n) is 7.68. The Labute approximate surface area is 143 Å². The minimum atomic E-state index is -0.885. The third-order valence-corrected chi connectivity index (χ3v) is 4.61. The summed E-state index contributed by atoms with van der Waals surface area (Å²) in [6, 6.07) is -0.508. The largest absolute Gasteiger partial charge is 0.462 e. The van der Waals surface area contributed by atoms with Gasteiger partial charge in [0.1, 0.15) is 18.7 Å². The molecule has 0 unspecified atom stereocenters. The number of nitrogens with zero attached hydrogens (tertiary/aromatic N) is 1. The number of urea groups is 1. The number of hydrogen-bond donors (Lipinski definition) is 1. The third kappa shape index (κ3) is 4.06. The van der Waals surface area contributed by atoms with Crippen LogP contribution < -0.4 is 5.32 Å². The van der Waals surface area contributed by atoms with Crippen LogP contribution in [0.25, 0.3) is 0 Å². The molecule has 2 fully saturated rings. The second kappa shape index (κ2) is 7.09. The number of carbonyl (C=O) groups is 3. The van der Waals surface area contributed by atoms with Crippen molar-refractivity contribution in [2.24, 2.45) is 11.3 Å². The molecule has 2 atom stereocenters. The van der Waals surface area contributed by atoms with Crippen molar-refractivity contribution in [2.45, 2.75) is 52.5 Å². The highest BCUT2D eigenvalue weighted by molar-refractivity contribution is 6.08. The lowest BCUT2D eigenvalue weighted by Gasteiger charge is -2.43. The van der Waals surface area contributed by atoms with E-state index in [1.54, 1.807) is 0 Å². The first kappa shape index (κ1) is 18.7. The lowest BCUT2D eigenvalue weighted by atomic mass is 9.64. The zero-order valence-electron chi connectivity index (χ0n) is 15.0. The molecule has 1 aliphatic carbocycles. The first-order valence-corrected chi connectivity index (χ1v) is 8.56. The summed E-state index contributed by atoms with van der Waals surface area (Å²) >= 11 is 0. The molecule has 2 aliphatic rings. The van der Waals surface area contributed by atoms with E-state index in [2.05, 4.69) is 26.1 Å². The second-order valence-corrected chi connectivity index (χ2v) is 7.68. The van der Waals surface area contributed by atoms with E-state index < -0.39 is 17.5 Å². The number of rotatable bonds is 6. The molecule has 1 aliphatic heterocycles. The van der Waals surface area contributed by atoms with Crippen LogP contribution in [0, 0.1) is 11.3 Å². The van der Waals surface area contributed by atoms with Gasteiger partial charge >= 0.3 is 12.0 Å². The molecule has 0 aromatic carbocycles. The van der Waals surface area contributed by atoms with Crippen molar-refractivity contribution < 1.29 is 23.9 Å². The van der Waals surface area contributed by atoms with E-state index in [0.29, 0.717) is 32.0 Å².